The average molecular weight is 356 g/mol. The SMILES string of the molecule is Fc1cccc(Br)c1NC1=NCCN1.O=P(O)(O)O. The highest BCUT2D eigenvalue weighted by Gasteiger charge is 2.10. The van der Waals surface area contributed by atoms with Crippen LogP contribution in [0, 0.1) is 5.82 Å². The van der Waals surface area contributed by atoms with Gasteiger partial charge in [-0.1, -0.05) is 6.07 Å². The van der Waals surface area contributed by atoms with Crippen LogP contribution in [0.15, 0.2) is 27.7 Å². The van der Waals surface area contributed by atoms with Crippen molar-refractivity contribution in [2.45, 2.75) is 0 Å². The van der Waals surface area contributed by atoms with Crippen molar-refractivity contribution >= 4 is 35.4 Å². The minimum Gasteiger partial charge on any atom is -0.354 e. The van der Waals surface area contributed by atoms with Gasteiger partial charge >= 0.3 is 7.82 Å². The topological polar surface area (TPSA) is 114 Å². The van der Waals surface area contributed by atoms with Crippen molar-refractivity contribution in [2.75, 3.05) is 18.4 Å². The fourth-order valence-corrected chi connectivity index (χ4v) is 1.66. The first kappa shape index (κ1) is 16.1. The minimum absolute atomic E-state index is 0.296. The zero-order valence-electron chi connectivity index (χ0n) is 9.55. The molecule has 0 fully saturated rings. The molecular formula is C9H12BrFN3O4P. The quantitative estimate of drug-likeness (QED) is 0.481. The van der Waals surface area contributed by atoms with Gasteiger partial charge in [-0.05, 0) is 28.1 Å². The summed E-state index contributed by atoms with van der Waals surface area (Å²) in [6.07, 6.45) is 0. The van der Waals surface area contributed by atoms with Gasteiger partial charge in [-0.25, -0.2) is 8.96 Å². The predicted octanol–water partition coefficient (Wildman–Crippen LogP) is 1.03. The highest BCUT2D eigenvalue weighted by molar-refractivity contribution is 9.10. The maximum absolute atomic E-state index is 13.3. The van der Waals surface area contributed by atoms with Crippen LogP contribution >= 0.6 is 23.8 Å². The Hall–Kier alpha value is -0.990. The van der Waals surface area contributed by atoms with Gasteiger partial charge < -0.3 is 25.3 Å². The number of nitrogens with zero attached hydrogens (tertiary/aromatic N) is 1. The molecule has 0 saturated carbocycles. The van der Waals surface area contributed by atoms with Crippen LogP contribution in [-0.2, 0) is 4.57 Å². The summed E-state index contributed by atoms with van der Waals surface area (Å²) in [6.45, 7) is 1.53. The normalized spacial score (nSPS) is 14.1. The van der Waals surface area contributed by atoms with E-state index in [1.807, 2.05) is 0 Å². The molecule has 0 aliphatic carbocycles. The molecule has 1 aliphatic rings. The Morgan fingerprint density at radius 2 is 2.05 bits per heavy atom. The molecule has 10 heteroatoms. The monoisotopic (exact) mass is 355 g/mol. The third-order valence-electron chi connectivity index (χ3n) is 1.88. The number of hydrogen-bond donors (Lipinski definition) is 5. The maximum Gasteiger partial charge on any atom is 0.466 e. The fraction of sp³-hybridized carbons (Fsp3) is 0.222. The highest BCUT2D eigenvalue weighted by atomic mass is 79.9. The van der Waals surface area contributed by atoms with E-state index < -0.39 is 7.82 Å². The van der Waals surface area contributed by atoms with Crippen LogP contribution in [0.2, 0.25) is 0 Å². The van der Waals surface area contributed by atoms with Crippen molar-refractivity contribution < 1.29 is 23.6 Å². The second-order valence-electron chi connectivity index (χ2n) is 3.39. The zero-order valence-corrected chi connectivity index (χ0v) is 12.0. The van der Waals surface area contributed by atoms with E-state index in [0.717, 1.165) is 13.1 Å². The molecule has 0 bridgehead atoms. The van der Waals surface area contributed by atoms with E-state index in [-0.39, 0.29) is 5.82 Å². The summed E-state index contributed by atoms with van der Waals surface area (Å²) in [4.78, 5) is 25.7. The number of benzene rings is 1. The third kappa shape index (κ3) is 6.65. The molecule has 5 N–H and O–H groups in total. The van der Waals surface area contributed by atoms with Gasteiger partial charge in [0.05, 0.1) is 12.2 Å². The van der Waals surface area contributed by atoms with Crippen LogP contribution in [-0.4, -0.2) is 33.7 Å². The number of halogens is 2. The summed E-state index contributed by atoms with van der Waals surface area (Å²) in [6, 6.07) is 4.83. The fourth-order valence-electron chi connectivity index (χ4n) is 1.22. The molecule has 0 spiro atoms. The summed E-state index contributed by atoms with van der Waals surface area (Å²) in [5, 5.41) is 5.91. The van der Waals surface area contributed by atoms with Gasteiger partial charge in [0, 0.05) is 11.0 Å². The first-order valence-electron chi connectivity index (χ1n) is 5.05. The van der Waals surface area contributed by atoms with Crippen LogP contribution in [0.25, 0.3) is 0 Å². The lowest BCUT2D eigenvalue weighted by molar-refractivity contribution is 0.275. The Morgan fingerprint density at radius 3 is 2.53 bits per heavy atom. The predicted molar refractivity (Wildman–Crippen MR) is 72.3 cm³/mol. The molecule has 1 heterocycles. The van der Waals surface area contributed by atoms with Crippen LogP contribution in [0.3, 0.4) is 0 Å². The summed E-state index contributed by atoms with van der Waals surface area (Å²) < 4.78 is 22.9. The lowest BCUT2D eigenvalue weighted by Crippen LogP contribution is -2.26. The summed E-state index contributed by atoms with van der Waals surface area (Å²) in [5.74, 6) is 0.326. The first-order valence-corrected chi connectivity index (χ1v) is 7.41. The van der Waals surface area contributed by atoms with Crippen molar-refractivity contribution in [1.29, 1.82) is 0 Å². The Balaban J connectivity index is 0.000000312. The van der Waals surface area contributed by atoms with Gasteiger partial charge in [-0.3, -0.25) is 4.99 Å². The van der Waals surface area contributed by atoms with E-state index >= 15 is 0 Å². The third-order valence-corrected chi connectivity index (χ3v) is 2.54. The maximum atomic E-state index is 13.3. The van der Waals surface area contributed by atoms with Gasteiger partial charge in [-0.2, -0.15) is 0 Å². The second kappa shape index (κ2) is 6.97. The first-order chi connectivity index (χ1) is 8.77. The number of rotatable bonds is 1. The van der Waals surface area contributed by atoms with Gasteiger partial charge in [0.25, 0.3) is 0 Å². The summed E-state index contributed by atoms with van der Waals surface area (Å²) >= 11 is 3.27. The molecule has 106 valence electrons. The molecule has 1 aromatic carbocycles. The van der Waals surface area contributed by atoms with Crippen molar-refractivity contribution in [1.82, 2.24) is 5.32 Å². The Morgan fingerprint density at radius 1 is 1.42 bits per heavy atom. The van der Waals surface area contributed by atoms with E-state index in [9.17, 15) is 4.39 Å². The van der Waals surface area contributed by atoms with Crippen molar-refractivity contribution in [3.05, 3.63) is 28.5 Å². The molecule has 0 radical (unpaired) electrons. The molecule has 1 aromatic rings. The summed E-state index contributed by atoms with van der Waals surface area (Å²) in [7, 11) is -4.64. The molecule has 0 saturated heterocycles. The lowest BCUT2D eigenvalue weighted by Gasteiger charge is -2.09. The second-order valence-corrected chi connectivity index (χ2v) is 5.27. The van der Waals surface area contributed by atoms with Gasteiger partial charge in [0.15, 0.2) is 5.96 Å². The average Bonchev–Trinajstić information content (AvgIpc) is 2.74. The van der Waals surface area contributed by atoms with Crippen molar-refractivity contribution in [2.24, 2.45) is 4.99 Å². The number of nitrogens with one attached hydrogen (secondary N) is 2. The van der Waals surface area contributed by atoms with Crippen molar-refractivity contribution in [3.63, 3.8) is 0 Å². The van der Waals surface area contributed by atoms with Crippen molar-refractivity contribution in [3.8, 4) is 0 Å². The minimum atomic E-state index is -4.64. The van der Waals surface area contributed by atoms with Gasteiger partial charge in [0.1, 0.15) is 5.82 Å². The molecule has 0 amide bonds. The zero-order chi connectivity index (χ0) is 14.5. The molecule has 0 unspecified atom stereocenters. The summed E-state index contributed by atoms with van der Waals surface area (Å²) in [5.41, 5.74) is 0.417. The van der Waals surface area contributed by atoms with E-state index in [2.05, 4.69) is 31.6 Å². The number of guanidine groups is 1. The number of para-hydroxylation sites is 1. The van der Waals surface area contributed by atoms with Crippen LogP contribution in [0.4, 0.5) is 10.1 Å². The van der Waals surface area contributed by atoms with Crippen LogP contribution < -0.4 is 10.6 Å². The number of aliphatic imine (C=N–C) groups is 1. The molecule has 7 nitrogen and oxygen atoms in total. The van der Waals surface area contributed by atoms with E-state index in [1.165, 1.54) is 6.07 Å². The van der Waals surface area contributed by atoms with Gasteiger partial charge in [-0.15, -0.1) is 0 Å². The molecular weight excluding hydrogens is 344 g/mol. The van der Waals surface area contributed by atoms with Gasteiger partial charge in [0.2, 0.25) is 0 Å². The van der Waals surface area contributed by atoms with E-state index in [4.69, 9.17) is 19.2 Å². The van der Waals surface area contributed by atoms with Crippen LogP contribution in [0.5, 0.6) is 0 Å². The number of anilines is 1. The lowest BCUT2D eigenvalue weighted by atomic mass is 10.3. The Labute approximate surface area is 116 Å². The molecule has 2 rings (SSSR count). The Bertz CT molecular complexity index is 494. The largest absolute Gasteiger partial charge is 0.466 e. The highest BCUT2D eigenvalue weighted by Crippen LogP contribution is 2.26. The molecule has 0 aromatic heterocycles. The molecule has 19 heavy (non-hydrogen) atoms. The van der Waals surface area contributed by atoms with E-state index in [1.54, 1.807) is 12.1 Å². The molecule has 0 atom stereocenters. The smallest absolute Gasteiger partial charge is 0.354 e. The number of hydrogen-bond acceptors (Lipinski definition) is 4. The Kier molecular flexibility index (Phi) is 5.89. The molecule has 1 aliphatic heterocycles. The van der Waals surface area contributed by atoms with E-state index in [0.29, 0.717) is 16.1 Å². The number of phosphoric acid groups is 1. The van der Waals surface area contributed by atoms with Crippen LogP contribution in [0.1, 0.15) is 0 Å². The standard InChI is InChI=1S/C9H9BrFN3.H3O4P/c10-6-2-1-3-7(11)8(6)14-9-12-4-5-13-9;1-5(2,3)4/h1-3H,4-5H2,(H2,12,13,14);(H3,1,2,3,4).